The maximum Gasteiger partial charge on any atom is 0.163 e. The first kappa shape index (κ1) is 26.3. The van der Waals surface area contributed by atoms with Crippen molar-refractivity contribution in [2.24, 2.45) is 0 Å². The predicted molar refractivity (Wildman–Crippen MR) is 143 cm³/mol. The van der Waals surface area contributed by atoms with Crippen LogP contribution in [0.4, 0.5) is 0 Å². The molecule has 5 heteroatoms. The molecule has 0 bridgehead atoms. The smallest absolute Gasteiger partial charge is 0.163 e. The summed E-state index contributed by atoms with van der Waals surface area (Å²) in [6.45, 7) is 11.9. The summed E-state index contributed by atoms with van der Waals surface area (Å²) in [5, 5.41) is 1.35. The molecule has 0 radical (unpaired) electrons. The standard InChI is InChI=1S/C29H33Cl2NO2/c1-5-32(6-2)15-16-34-29-20(3)17-24(18-21(29)4)28(33)19-27(22-7-11-25(30)12-8-22)23-9-13-26(31)14-10-23/h7-14,17-18,27H,5-6,15-16,19H2,1-4H3. The SMILES string of the molecule is CCN(CC)CCOc1c(C)cc(C(=O)CC(c2ccc(Cl)cc2)c2ccc(Cl)cc2)cc1C. The predicted octanol–water partition coefficient (Wildman–Crippen LogP) is 7.74. The van der Waals surface area contributed by atoms with Crippen molar-refractivity contribution in [2.75, 3.05) is 26.2 Å². The monoisotopic (exact) mass is 497 g/mol. The van der Waals surface area contributed by atoms with Crippen LogP contribution in [0, 0.1) is 13.8 Å². The molecule has 0 spiro atoms. The van der Waals surface area contributed by atoms with Gasteiger partial charge < -0.3 is 9.64 Å². The van der Waals surface area contributed by atoms with Crippen LogP contribution in [0.3, 0.4) is 0 Å². The second kappa shape index (κ2) is 12.4. The normalized spacial score (nSPS) is 11.3. The van der Waals surface area contributed by atoms with Crippen molar-refractivity contribution in [3.63, 3.8) is 0 Å². The lowest BCUT2D eigenvalue weighted by Gasteiger charge is -2.20. The lowest BCUT2D eigenvalue weighted by atomic mass is 9.85. The average molecular weight is 498 g/mol. The van der Waals surface area contributed by atoms with E-state index in [0.29, 0.717) is 28.6 Å². The third-order valence-corrected chi connectivity index (χ3v) is 6.77. The number of benzene rings is 3. The zero-order chi connectivity index (χ0) is 24.7. The first-order valence-corrected chi connectivity index (χ1v) is 12.6. The Labute approximate surface area is 213 Å². The van der Waals surface area contributed by atoms with Crippen LogP contribution in [-0.2, 0) is 0 Å². The molecule has 180 valence electrons. The number of hydrogen-bond donors (Lipinski definition) is 0. The van der Waals surface area contributed by atoms with E-state index in [1.165, 1.54) is 0 Å². The van der Waals surface area contributed by atoms with Crippen molar-refractivity contribution in [2.45, 2.75) is 40.0 Å². The average Bonchev–Trinajstić information content (AvgIpc) is 2.83. The molecule has 3 aromatic carbocycles. The summed E-state index contributed by atoms with van der Waals surface area (Å²) >= 11 is 12.2. The molecule has 0 heterocycles. The first-order valence-electron chi connectivity index (χ1n) is 11.8. The highest BCUT2D eigenvalue weighted by molar-refractivity contribution is 6.30. The van der Waals surface area contributed by atoms with Crippen molar-refractivity contribution < 1.29 is 9.53 Å². The van der Waals surface area contributed by atoms with Crippen molar-refractivity contribution in [3.8, 4) is 5.75 Å². The fourth-order valence-electron chi connectivity index (χ4n) is 4.28. The van der Waals surface area contributed by atoms with Gasteiger partial charge in [0.2, 0.25) is 0 Å². The highest BCUT2D eigenvalue weighted by atomic mass is 35.5. The van der Waals surface area contributed by atoms with E-state index in [1.807, 2.05) is 74.5 Å². The molecule has 0 fully saturated rings. The topological polar surface area (TPSA) is 29.5 Å². The van der Waals surface area contributed by atoms with Gasteiger partial charge in [0.1, 0.15) is 12.4 Å². The molecule has 0 aliphatic carbocycles. The summed E-state index contributed by atoms with van der Waals surface area (Å²) in [6.07, 6.45) is 0.351. The molecule has 0 atom stereocenters. The fourth-order valence-corrected chi connectivity index (χ4v) is 4.53. The molecular formula is C29H33Cl2NO2. The highest BCUT2D eigenvalue weighted by Gasteiger charge is 2.21. The second-order valence-corrected chi connectivity index (χ2v) is 9.47. The Kier molecular flexibility index (Phi) is 9.58. The van der Waals surface area contributed by atoms with Crippen LogP contribution in [0.15, 0.2) is 60.7 Å². The molecule has 3 aromatic rings. The van der Waals surface area contributed by atoms with Crippen LogP contribution in [0.2, 0.25) is 10.0 Å². The van der Waals surface area contributed by atoms with Gasteiger partial charge in [-0.15, -0.1) is 0 Å². The van der Waals surface area contributed by atoms with E-state index in [-0.39, 0.29) is 11.7 Å². The number of carbonyl (C=O) groups excluding carboxylic acids is 1. The molecule has 0 N–H and O–H groups in total. The van der Waals surface area contributed by atoms with Gasteiger partial charge in [0.15, 0.2) is 5.78 Å². The molecule has 0 aliphatic heterocycles. The van der Waals surface area contributed by atoms with E-state index in [0.717, 1.165) is 47.6 Å². The maximum atomic E-state index is 13.4. The second-order valence-electron chi connectivity index (χ2n) is 8.60. The van der Waals surface area contributed by atoms with E-state index < -0.39 is 0 Å². The van der Waals surface area contributed by atoms with E-state index in [1.54, 1.807) is 0 Å². The summed E-state index contributed by atoms with van der Waals surface area (Å²) in [7, 11) is 0. The number of ether oxygens (including phenoxy) is 1. The van der Waals surface area contributed by atoms with E-state index in [4.69, 9.17) is 27.9 Å². The van der Waals surface area contributed by atoms with Gasteiger partial charge in [-0.05, 0) is 85.6 Å². The molecule has 3 rings (SSSR count). The van der Waals surface area contributed by atoms with Gasteiger partial charge in [-0.2, -0.15) is 0 Å². The van der Waals surface area contributed by atoms with Crippen LogP contribution in [0.5, 0.6) is 5.75 Å². The Morgan fingerprint density at radius 1 is 0.853 bits per heavy atom. The van der Waals surface area contributed by atoms with Gasteiger partial charge in [0, 0.05) is 34.5 Å². The van der Waals surface area contributed by atoms with Gasteiger partial charge >= 0.3 is 0 Å². The van der Waals surface area contributed by atoms with Crippen LogP contribution in [-0.4, -0.2) is 36.9 Å². The maximum absolute atomic E-state index is 13.4. The number of halogens is 2. The Hall–Kier alpha value is -2.33. The number of aryl methyl sites for hydroxylation is 2. The van der Waals surface area contributed by atoms with Crippen molar-refractivity contribution in [3.05, 3.63) is 98.5 Å². The van der Waals surface area contributed by atoms with Gasteiger partial charge in [-0.25, -0.2) is 0 Å². The first-order chi connectivity index (χ1) is 16.3. The zero-order valence-electron chi connectivity index (χ0n) is 20.4. The lowest BCUT2D eigenvalue weighted by molar-refractivity contribution is 0.0977. The Balaban J connectivity index is 1.81. The molecule has 3 nitrogen and oxygen atoms in total. The summed E-state index contributed by atoms with van der Waals surface area (Å²) < 4.78 is 6.10. The molecule has 0 unspecified atom stereocenters. The van der Waals surface area contributed by atoms with Crippen molar-refractivity contribution in [1.82, 2.24) is 4.90 Å². The summed E-state index contributed by atoms with van der Waals surface area (Å²) in [5.41, 5.74) is 4.77. The number of carbonyl (C=O) groups is 1. The minimum absolute atomic E-state index is 0.0901. The van der Waals surface area contributed by atoms with Crippen molar-refractivity contribution >= 4 is 29.0 Å². The van der Waals surface area contributed by atoms with Crippen LogP contribution >= 0.6 is 23.2 Å². The zero-order valence-corrected chi connectivity index (χ0v) is 21.9. The number of ketones is 1. The molecule has 34 heavy (non-hydrogen) atoms. The number of nitrogens with zero attached hydrogens (tertiary/aromatic N) is 1. The van der Waals surface area contributed by atoms with Gasteiger partial charge in [-0.1, -0.05) is 61.3 Å². The van der Waals surface area contributed by atoms with Crippen LogP contribution in [0.25, 0.3) is 0 Å². The molecule has 0 amide bonds. The molecule has 0 aliphatic rings. The highest BCUT2D eigenvalue weighted by Crippen LogP contribution is 2.32. The summed E-state index contributed by atoms with van der Waals surface area (Å²) in [5.74, 6) is 0.874. The van der Waals surface area contributed by atoms with Crippen LogP contribution < -0.4 is 4.74 Å². The minimum atomic E-state index is -0.0901. The fraction of sp³-hybridized carbons (Fsp3) is 0.345. The largest absolute Gasteiger partial charge is 0.492 e. The Morgan fingerprint density at radius 3 is 1.76 bits per heavy atom. The van der Waals surface area contributed by atoms with Gasteiger partial charge in [-0.3, -0.25) is 4.79 Å². The molecule has 0 saturated carbocycles. The summed E-state index contributed by atoms with van der Waals surface area (Å²) in [6, 6.07) is 19.3. The Bertz CT molecular complexity index is 1020. The third kappa shape index (κ3) is 6.85. The van der Waals surface area contributed by atoms with E-state index >= 15 is 0 Å². The van der Waals surface area contributed by atoms with Crippen molar-refractivity contribution in [1.29, 1.82) is 0 Å². The summed E-state index contributed by atoms with van der Waals surface area (Å²) in [4.78, 5) is 15.8. The number of hydrogen-bond acceptors (Lipinski definition) is 3. The number of Topliss-reactive ketones (excluding diaryl/α,β-unsaturated/α-hetero) is 1. The Morgan fingerprint density at radius 2 is 1.32 bits per heavy atom. The minimum Gasteiger partial charge on any atom is -0.492 e. The molecule has 0 saturated heterocycles. The molecule has 0 aromatic heterocycles. The number of rotatable bonds is 11. The quantitative estimate of drug-likeness (QED) is 0.253. The lowest BCUT2D eigenvalue weighted by Crippen LogP contribution is -2.28. The number of likely N-dealkylation sites (N-methyl/N-ethyl adjacent to an activating group) is 1. The van der Waals surface area contributed by atoms with E-state index in [9.17, 15) is 4.79 Å². The van der Waals surface area contributed by atoms with Gasteiger partial charge in [0.25, 0.3) is 0 Å². The van der Waals surface area contributed by atoms with E-state index in [2.05, 4.69) is 18.7 Å². The van der Waals surface area contributed by atoms with Gasteiger partial charge in [0.05, 0.1) is 0 Å². The third-order valence-electron chi connectivity index (χ3n) is 6.26. The molecular weight excluding hydrogens is 465 g/mol. The van der Waals surface area contributed by atoms with Crippen LogP contribution in [0.1, 0.15) is 58.8 Å².